The van der Waals surface area contributed by atoms with E-state index in [9.17, 15) is 24.3 Å². The molecular weight excluding hydrogens is 593 g/mol. The van der Waals surface area contributed by atoms with Crippen molar-refractivity contribution in [3.63, 3.8) is 0 Å². The third-order valence-electron chi connectivity index (χ3n) is 12.1. The number of halogens is 1. The third-order valence-corrected chi connectivity index (χ3v) is 13.0. The molecule has 1 aliphatic heterocycles. The Morgan fingerprint density at radius 1 is 1.22 bits per heavy atom. The summed E-state index contributed by atoms with van der Waals surface area (Å²) in [5.74, 6) is -0.697. The van der Waals surface area contributed by atoms with E-state index in [1.165, 1.54) is 17.7 Å². The van der Waals surface area contributed by atoms with E-state index in [-0.39, 0.29) is 39.9 Å². The minimum Gasteiger partial charge on any atom is -0.447 e. The SMILES string of the molecule is CC1(C(=O)O[C@]2(C(=O)SCC#N)CC[C@H]3[C@@H]4CCC5=Cc6c(cnn6-c6ccc(F)cc6)C[C@]5(C)[C@H]4[C@@H](O)C[C@@]32C)CCCO1. The number of aromatic nitrogens is 2. The van der Waals surface area contributed by atoms with Gasteiger partial charge in [-0.15, -0.1) is 0 Å². The number of thioether (sulfide) groups is 1. The van der Waals surface area contributed by atoms with Gasteiger partial charge in [-0.25, -0.2) is 13.9 Å². The molecule has 8 nitrogen and oxygen atoms in total. The van der Waals surface area contributed by atoms with Crippen molar-refractivity contribution in [2.24, 2.45) is 28.6 Å². The Balaban J connectivity index is 1.22. The highest BCUT2D eigenvalue weighted by atomic mass is 32.2. The summed E-state index contributed by atoms with van der Waals surface area (Å²) in [4.78, 5) is 27.7. The van der Waals surface area contributed by atoms with Gasteiger partial charge in [0.25, 0.3) is 0 Å². The van der Waals surface area contributed by atoms with Gasteiger partial charge in [0.2, 0.25) is 5.12 Å². The number of carbonyl (C=O) groups is 2. The summed E-state index contributed by atoms with van der Waals surface area (Å²) in [7, 11) is 0. The molecule has 45 heavy (non-hydrogen) atoms. The number of allylic oxidation sites excluding steroid dienone is 1. The summed E-state index contributed by atoms with van der Waals surface area (Å²) in [5.41, 5.74) is 0.533. The van der Waals surface area contributed by atoms with E-state index in [2.05, 4.69) is 24.2 Å². The van der Waals surface area contributed by atoms with Gasteiger partial charge in [0.15, 0.2) is 11.2 Å². The minimum atomic E-state index is -1.44. The Bertz CT molecular complexity index is 1610. The number of rotatable bonds is 5. The molecule has 2 heterocycles. The average molecular weight is 634 g/mol. The van der Waals surface area contributed by atoms with Crippen LogP contribution in [0.15, 0.2) is 36.0 Å². The van der Waals surface area contributed by atoms with Crippen molar-refractivity contribution >= 4 is 28.9 Å². The number of hydrogen-bond donors (Lipinski definition) is 1. The fourth-order valence-electron chi connectivity index (χ4n) is 9.93. The van der Waals surface area contributed by atoms with Crippen LogP contribution in [0.2, 0.25) is 0 Å². The lowest BCUT2D eigenvalue weighted by molar-refractivity contribution is -0.208. The highest BCUT2D eigenvalue weighted by Crippen LogP contribution is 2.69. The Kier molecular flexibility index (Phi) is 7.34. The van der Waals surface area contributed by atoms with Crippen molar-refractivity contribution in [2.45, 2.75) is 89.4 Å². The predicted octanol–water partition coefficient (Wildman–Crippen LogP) is 5.80. The molecule has 10 heteroatoms. The van der Waals surface area contributed by atoms with Gasteiger partial charge >= 0.3 is 5.97 Å². The van der Waals surface area contributed by atoms with Crippen molar-refractivity contribution in [3.8, 4) is 11.8 Å². The number of nitriles is 1. The Morgan fingerprint density at radius 3 is 2.71 bits per heavy atom. The van der Waals surface area contributed by atoms with Gasteiger partial charge in [0.05, 0.1) is 35.5 Å². The van der Waals surface area contributed by atoms with Crippen molar-refractivity contribution in [1.29, 1.82) is 5.26 Å². The van der Waals surface area contributed by atoms with Gasteiger partial charge in [-0.05, 0) is 117 Å². The van der Waals surface area contributed by atoms with Gasteiger partial charge in [-0.2, -0.15) is 10.4 Å². The first-order chi connectivity index (χ1) is 21.5. The molecule has 1 aromatic heterocycles. The summed E-state index contributed by atoms with van der Waals surface area (Å²) in [5, 5.41) is 25.8. The van der Waals surface area contributed by atoms with Gasteiger partial charge in [0.1, 0.15) is 5.82 Å². The summed E-state index contributed by atoms with van der Waals surface area (Å²) in [6, 6.07) is 8.38. The Morgan fingerprint density at radius 2 is 2.00 bits per heavy atom. The lowest BCUT2D eigenvalue weighted by Gasteiger charge is -2.60. The van der Waals surface area contributed by atoms with E-state index < -0.39 is 28.7 Å². The molecule has 0 bridgehead atoms. The van der Waals surface area contributed by atoms with Crippen LogP contribution in [0.3, 0.4) is 0 Å². The van der Waals surface area contributed by atoms with Crippen LogP contribution >= 0.6 is 11.8 Å². The second-order valence-corrected chi connectivity index (χ2v) is 15.4. The van der Waals surface area contributed by atoms with Crippen LogP contribution in [0, 0.1) is 45.7 Å². The highest BCUT2D eigenvalue weighted by molar-refractivity contribution is 8.14. The number of nitrogens with zero attached hydrogens (tertiary/aromatic N) is 3. The number of aliphatic hydroxyl groups is 1. The first-order valence-electron chi connectivity index (χ1n) is 16.1. The number of ether oxygens (including phenoxy) is 2. The predicted molar refractivity (Wildman–Crippen MR) is 166 cm³/mol. The van der Waals surface area contributed by atoms with Crippen LogP contribution in [0.5, 0.6) is 0 Å². The van der Waals surface area contributed by atoms with Gasteiger partial charge in [-0.3, -0.25) is 4.79 Å². The van der Waals surface area contributed by atoms with E-state index in [0.717, 1.165) is 54.4 Å². The Labute approximate surface area is 267 Å². The molecule has 4 aliphatic carbocycles. The second kappa shape index (κ2) is 10.8. The van der Waals surface area contributed by atoms with Gasteiger partial charge in [-0.1, -0.05) is 31.2 Å². The van der Waals surface area contributed by atoms with E-state index in [4.69, 9.17) is 9.47 Å². The maximum Gasteiger partial charge on any atom is 0.339 e. The first-order valence-corrected chi connectivity index (χ1v) is 17.1. The second-order valence-electron chi connectivity index (χ2n) is 14.4. The molecule has 1 saturated heterocycles. The lowest BCUT2D eigenvalue weighted by Crippen LogP contribution is -2.63. The number of benzene rings is 1. The van der Waals surface area contributed by atoms with Crippen molar-refractivity contribution in [3.05, 3.63) is 53.1 Å². The molecule has 238 valence electrons. The molecule has 4 fully saturated rings. The molecule has 8 atom stereocenters. The van der Waals surface area contributed by atoms with Crippen LogP contribution < -0.4 is 0 Å². The van der Waals surface area contributed by atoms with Crippen LogP contribution in [0.4, 0.5) is 4.39 Å². The molecule has 1 unspecified atom stereocenters. The zero-order valence-corrected chi connectivity index (χ0v) is 26.9. The van der Waals surface area contributed by atoms with Crippen LogP contribution in [0.25, 0.3) is 11.8 Å². The molecule has 1 aromatic carbocycles. The smallest absolute Gasteiger partial charge is 0.339 e. The normalized spacial score (nSPS) is 38.3. The first kappa shape index (κ1) is 30.6. The van der Waals surface area contributed by atoms with Crippen molar-refractivity contribution in [1.82, 2.24) is 9.78 Å². The fraction of sp³-hybridized carbons (Fsp3) is 0.600. The third kappa shape index (κ3) is 4.48. The maximum absolute atomic E-state index is 14.0. The standard InChI is InChI=1S/C35H40FN3O5S/c1-32-18-21-20-38-39(24-8-6-23(36)7-9-24)27(21)17-22(32)5-10-25-26-11-13-35(31(42)45-16-14-37,33(26,2)19-28(40)29(25)32)44-30(41)34(3)12-4-15-43-34/h6-9,17,20,25-26,28-29,40H,4-5,10-13,15-16,18-19H2,1-3H3/t25-,26-,28-,29+,32-,33-,34?,35-/m0/s1. The number of carbonyl (C=O) groups excluding carboxylic acids is 2. The maximum atomic E-state index is 14.0. The zero-order valence-electron chi connectivity index (χ0n) is 26.1. The molecule has 0 amide bonds. The van der Waals surface area contributed by atoms with Crippen LogP contribution in [0.1, 0.15) is 77.0 Å². The molecule has 5 aliphatic rings. The summed E-state index contributed by atoms with van der Waals surface area (Å²) in [6.07, 6.45) is 8.49. The molecule has 0 spiro atoms. The minimum absolute atomic E-state index is 0.0264. The van der Waals surface area contributed by atoms with E-state index in [0.29, 0.717) is 32.3 Å². The largest absolute Gasteiger partial charge is 0.447 e. The number of fused-ring (bicyclic) bond motifs is 6. The van der Waals surface area contributed by atoms with Gasteiger partial charge in [0, 0.05) is 12.0 Å². The lowest BCUT2D eigenvalue weighted by atomic mass is 9.45. The van der Waals surface area contributed by atoms with Crippen LogP contribution in [-0.2, 0) is 25.5 Å². The van der Waals surface area contributed by atoms with E-state index in [1.54, 1.807) is 19.1 Å². The summed E-state index contributed by atoms with van der Waals surface area (Å²) < 4.78 is 27.7. The average Bonchev–Trinajstić information content (AvgIpc) is 3.71. The van der Waals surface area contributed by atoms with E-state index >= 15 is 0 Å². The van der Waals surface area contributed by atoms with Crippen molar-refractivity contribution < 1.29 is 28.6 Å². The topological polar surface area (TPSA) is 114 Å². The van der Waals surface area contributed by atoms with E-state index in [1.807, 2.05) is 17.8 Å². The fourth-order valence-corrected chi connectivity index (χ4v) is 10.7. The molecule has 7 rings (SSSR count). The summed E-state index contributed by atoms with van der Waals surface area (Å²) >= 11 is 0.913. The molecule has 2 aromatic rings. The summed E-state index contributed by atoms with van der Waals surface area (Å²) in [6.45, 7) is 6.49. The number of esters is 1. The number of aliphatic hydroxyl groups excluding tert-OH is 1. The Hall–Kier alpha value is -3.00. The highest BCUT2D eigenvalue weighted by Gasteiger charge is 2.71. The van der Waals surface area contributed by atoms with Crippen LogP contribution in [-0.4, -0.2) is 55.6 Å². The van der Waals surface area contributed by atoms with Crippen molar-refractivity contribution in [2.75, 3.05) is 12.4 Å². The molecule has 3 saturated carbocycles. The molecule has 0 radical (unpaired) electrons. The van der Waals surface area contributed by atoms with Gasteiger partial charge < -0.3 is 14.6 Å². The molecular formula is C35H40FN3O5S. The molecule has 1 N–H and O–H groups in total. The quantitative estimate of drug-likeness (QED) is 0.411. The monoisotopic (exact) mass is 633 g/mol. The zero-order chi connectivity index (χ0) is 31.8. The number of hydrogen-bond acceptors (Lipinski definition) is 8.